The lowest BCUT2D eigenvalue weighted by molar-refractivity contribution is -0.399. The number of ether oxygens (including phenoxy) is 3. The lowest BCUT2D eigenvalue weighted by atomic mass is 9.91. The first-order chi connectivity index (χ1) is 13.5. The average molecular weight is 397 g/mol. The van der Waals surface area contributed by atoms with E-state index in [1.165, 1.54) is 44.2 Å². The minimum Gasteiger partial charge on any atom is -0.331 e. The van der Waals surface area contributed by atoms with Crippen LogP contribution in [0.5, 0.6) is 0 Å². The van der Waals surface area contributed by atoms with Gasteiger partial charge in [-0.2, -0.15) is 0 Å². The third-order valence-corrected chi connectivity index (χ3v) is 5.31. The molecule has 0 aliphatic heterocycles. The van der Waals surface area contributed by atoms with E-state index in [4.69, 9.17) is 14.2 Å². The van der Waals surface area contributed by atoms with Gasteiger partial charge in [0.25, 0.3) is 5.97 Å². The van der Waals surface area contributed by atoms with E-state index in [1.807, 2.05) is 26.0 Å². The van der Waals surface area contributed by atoms with E-state index in [0.29, 0.717) is 0 Å². The minimum absolute atomic E-state index is 0.0176. The summed E-state index contributed by atoms with van der Waals surface area (Å²) < 4.78 is 30.8. The first-order valence-corrected chi connectivity index (χ1v) is 11.0. The summed E-state index contributed by atoms with van der Waals surface area (Å²) in [4.78, 5) is 0. The number of rotatable bonds is 16. The van der Waals surface area contributed by atoms with E-state index in [9.17, 15) is 4.39 Å². The van der Waals surface area contributed by atoms with Crippen LogP contribution in [0.2, 0.25) is 0 Å². The molecule has 0 N–H and O–H groups in total. The number of benzene rings is 1. The van der Waals surface area contributed by atoms with Crippen molar-refractivity contribution < 1.29 is 18.6 Å². The van der Waals surface area contributed by atoms with E-state index in [1.54, 1.807) is 14.2 Å². The quantitative estimate of drug-likeness (QED) is 0.225. The Hall–Kier alpha value is -0.970. The van der Waals surface area contributed by atoms with Crippen molar-refractivity contribution in [3.8, 4) is 0 Å². The predicted molar refractivity (Wildman–Crippen MR) is 114 cm³/mol. The standard InChI is InChI=1S/C24H41FO3/c1-6-7-8-9-10-11-14-22(24(26-4,27-5)28-20(2)3)15-12-13-21-16-18-23(25)19-17-21/h16-20,22H,6-15H2,1-5H3. The summed E-state index contributed by atoms with van der Waals surface area (Å²) in [7, 11) is 3.33. The summed E-state index contributed by atoms with van der Waals surface area (Å²) in [6.45, 7) is 6.26. The van der Waals surface area contributed by atoms with Gasteiger partial charge in [-0.3, -0.25) is 0 Å². The van der Waals surface area contributed by atoms with Crippen LogP contribution in [-0.2, 0) is 20.6 Å². The first kappa shape index (κ1) is 25.1. The number of aryl methyl sites for hydroxylation is 1. The molecule has 1 aromatic carbocycles. The van der Waals surface area contributed by atoms with Gasteiger partial charge in [-0.25, -0.2) is 4.39 Å². The molecule has 0 amide bonds. The van der Waals surface area contributed by atoms with Gasteiger partial charge in [0.05, 0.1) is 6.10 Å². The number of unbranched alkanes of at least 4 members (excludes halogenated alkanes) is 5. The third kappa shape index (κ3) is 9.02. The summed E-state index contributed by atoms with van der Waals surface area (Å²) in [6.07, 6.45) is 11.5. The van der Waals surface area contributed by atoms with Crippen molar-refractivity contribution in [2.24, 2.45) is 5.92 Å². The molecule has 0 radical (unpaired) electrons. The van der Waals surface area contributed by atoms with E-state index in [0.717, 1.165) is 37.7 Å². The van der Waals surface area contributed by atoms with Crippen LogP contribution in [-0.4, -0.2) is 26.3 Å². The largest absolute Gasteiger partial charge is 0.331 e. The van der Waals surface area contributed by atoms with Crippen LogP contribution in [0, 0.1) is 11.7 Å². The van der Waals surface area contributed by atoms with Crippen molar-refractivity contribution >= 4 is 0 Å². The Morgan fingerprint density at radius 1 is 0.857 bits per heavy atom. The van der Waals surface area contributed by atoms with Gasteiger partial charge in [0, 0.05) is 20.1 Å². The fourth-order valence-electron chi connectivity index (χ4n) is 3.81. The molecule has 0 aliphatic carbocycles. The molecule has 3 nitrogen and oxygen atoms in total. The maximum Gasteiger partial charge on any atom is 0.285 e. The average Bonchev–Trinajstić information content (AvgIpc) is 2.68. The molecule has 0 aromatic heterocycles. The van der Waals surface area contributed by atoms with Crippen LogP contribution in [0.4, 0.5) is 4.39 Å². The zero-order valence-corrected chi connectivity index (χ0v) is 18.6. The van der Waals surface area contributed by atoms with E-state index >= 15 is 0 Å². The first-order valence-electron chi connectivity index (χ1n) is 11.0. The Morgan fingerprint density at radius 3 is 2.00 bits per heavy atom. The topological polar surface area (TPSA) is 27.7 Å². The molecule has 0 heterocycles. The molecule has 0 fully saturated rings. The highest BCUT2D eigenvalue weighted by Crippen LogP contribution is 2.34. The highest BCUT2D eigenvalue weighted by atomic mass is 19.1. The van der Waals surface area contributed by atoms with Gasteiger partial charge in [-0.1, -0.05) is 57.6 Å². The lowest BCUT2D eigenvalue weighted by Gasteiger charge is -2.39. The van der Waals surface area contributed by atoms with Crippen LogP contribution in [0.25, 0.3) is 0 Å². The molecule has 0 saturated carbocycles. The highest BCUT2D eigenvalue weighted by molar-refractivity contribution is 5.15. The number of methoxy groups -OCH3 is 2. The Kier molecular flexibility index (Phi) is 12.6. The molecule has 0 spiro atoms. The monoisotopic (exact) mass is 396 g/mol. The van der Waals surface area contributed by atoms with Crippen molar-refractivity contribution in [1.82, 2.24) is 0 Å². The summed E-state index contributed by atoms with van der Waals surface area (Å²) in [5, 5.41) is 0. The Bertz CT molecular complexity index is 497. The maximum atomic E-state index is 13.1. The molecular weight excluding hydrogens is 355 g/mol. The van der Waals surface area contributed by atoms with Crippen LogP contribution in [0.1, 0.15) is 84.1 Å². The lowest BCUT2D eigenvalue weighted by Crippen LogP contribution is -2.46. The predicted octanol–water partition coefficient (Wildman–Crippen LogP) is 6.89. The van der Waals surface area contributed by atoms with Crippen LogP contribution >= 0.6 is 0 Å². The molecule has 1 unspecified atom stereocenters. The highest BCUT2D eigenvalue weighted by Gasteiger charge is 2.41. The zero-order chi connectivity index (χ0) is 20.8. The Morgan fingerprint density at radius 2 is 1.43 bits per heavy atom. The second-order valence-electron chi connectivity index (χ2n) is 7.95. The molecule has 1 atom stereocenters. The molecular formula is C24H41FO3. The fourth-order valence-corrected chi connectivity index (χ4v) is 3.81. The summed E-state index contributed by atoms with van der Waals surface area (Å²) in [6, 6.07) is 6.78. The molecule has 1 rings (SSSR count). The van der Waals surface area contributed by atoms with Gasteiger partial charge in [0.15, 0.2) is 0 Å². The van der Waals surface area contributed by atoms with Crippen molar-refractivity contribution in [2.45, 2.75) is 97.1 Å². The Labute approximate surface area is 172 Å². The van der Waals surface area contributed by atoms with Crippen LogP contribution < -0.4 is 0 Å². The second kappa shape index (κ2) is 14.1. The van der Waals surface area contributed by atoms with E-state index < -0.39 is 5.97 Å². The van der Waals surface area contributed by atoms with Gasteiger partial charge in [-0.05, 0) is 57.2 Å². The summed E-state index contributed by atoms with van der Waals surface area (Å²) in [5.41, 5.74) is 1.16. The Balaban J connectivity index is 2.67. The van der Waals surface area contributed by atoms with Gasteiger partial charge in [0.1, 0.15) is 5.82 Å². The summed E-state index contributed by atoms with van der Waals surface area (Å²) in [5.74, 6) is -1.02. The number of halogens is 1. The van der Waals surface area contributed by atoms with E-state index in [2.05, 4.69) is 6.92 Å². The second-order valence-corrected chi connectivity index (χ2v) is 7.95. The van der Waals surface area contributed by atoms with Gasteiger partial charge in [0.2, 0.25) is 0 Å². The molecule has 28 heavy (non-hydrogen) atoms. The fraction of sp³-hybridized carbons (Fsp3) is 0.750. The molecule has 0 bridgehead atoms. The smallest absolute Gasteiger partial charge is 0.285 e. The molecule has 0 aliphatic rings. The van der Waals surface area contributed by atoms with Gasteiger partial charge >= 0.3 is 0 Å². The third-order valence-electron chi connectivity index (χ3n) is 5.31. The van der Waals surface area contributed by atoms with Crippen LogP contribution in [0.3, 0.4) is 0 Å². The zero-order valence-electron chi connectivity index (χ0n) is 18.6. The van der Waals surface area contributed by atoms with Crippen molar-refractivity contribution in [1.29, 1.82) is 0 Å². The maximum absolute atomic E-state index is 13.1. The van der Waals surface area contributed by atoms with Crippen LogP contribution in [0.15, 0.2) is 24.3 Å². The summed E-state index contributed by atoms with van der Waals surface area (Å²) >= 11 is 0. The SMILES string of the molecule is CCCCCCCCC(CCCc1ccc(F)cc1)C(OC)(OC)OC(C)C. The van der Waals surface area contributed by atoms with Crippen molar-refractivity contribution in [3.05, 3.63) is 35.6 Å². The van der Waals surface area contributed by atoms with Gasteiger partial charge in [-0.15, -0.1) is 0 Å². The normalized spacial score (nSPS) is 13.2. The van der Waals surface area contributed by atoms with Crippen molar-refractivity contribution in [2.75, 3.05) is 14.2 Å². The number of hydrogen-bond donors (Lipinski definition) is 0. The number of hydrogen-bond acceptors (Lipinski definition) is 3. The molecule has 162 valence electrons. The molecule has 4 heteroatoms. The minimum atomic E-state index is -1.000. The van der Waals surface area contributed by atoms with E-state index in [-0.39, 0.29) is 17.8 Å². The molecule has 0 saturated heterocycles. The van der Waals surface area contributed by atoms with Gasteiger partial charge < -0.3 is 14.2 Å². The van der Waals surface area contributed by atoms with Crippen molar-refractivity contribution in [3.63, 3.8) is 0 Å². The molecule has 1 aromatic rings.